The molecule has 0 saturated heterocycles. The van der Waals surface area contributed by atoms with E-state index < -0.39 is 0 Å². The van der Waals surface area contributed by atoms with Gasteiger partial charge < -0.3 is 9.80 Å². The van der Waals surface area contributed by atoms with Gasteiger partial charge in [0.15, 0.2) is 5.96 Å². The number of hydrogen-bond donors (Lipinski definition) is 1. The van der Waals surface area contributed by atoms with Crippen LogP contribution in [0.25, 0.3) is 0 Å². The first kappa shape index (κ1) is 11.7. The van der Waals surface area contributed by atoms with Crippen LogP contribution in [0.1, 0.15) is 0 Å². The molecule has 0 aliphatic carbocycles. The average molecular weight is 185 g/mol. The Morgan fingerprint density at radius 2 is 1.22 bits per heavy atom. The van der Waals surface area contributed by atoms with Gasteiger partial charge in [-0.15, -0.1) is 0 Å². The standard InChI is InChI=1S/C5H13N3.Ga/c1-7(2)5(6)8(3)4;/h6H,1-4H3;. The second-order valence-electron chi connectivity index (χ2n) is 2.11. The van der Waals surface area contributed by atoms with Crippen molar-refractivity contribution in [2.45, 2.75) is 0 Å². The third-order valence-electron chi connectivity index (χ3n) is 0.847. The van der Waals surface area contributed by atoms with Gasteiger partial charge in [0.1, 0.15) is 0 Å². The van der Waals surface area contributed by atoms with Crippen LogP contribution in [-0.4, -0.2) is 63.7 Å². The van der Waals surface area contributed by atoms with E-state index in [2.05, 4.69) is 0 Å². The molecule has 3 radical (unpaired) electrons. The summed E-state index contributed by atoms with van der Waals surface area (Å²) in [4.78, 5) is 3.50. The molecule has 4 heteroatoms. The Bertz CT molecular complexity index is 80.2. The van der Waals surface area contributed by atoms with Crippen LogP contribution in [0, 0.1) is 5.41 Å². The van der Waals surface area contributed by atoms with Crippen molar-refractivity contribution in [3.05, 3.63) is 0 Å². The molecule has 0 spiro atoms. The molecule has 51 valence electrons. The van der Waals surface area contributed by atoms with E-state index >= 15 is 0 Å². The topological polar surface area (TPSA) is 30.3 Å². The van der Waals surface area contributed by atoms with Gasteiger partial charge in [-0.3, -0.25) is 5.41 Å². The van der Waals surface area contributed by atoms with Crippen LogP contribution < -0.4 is 0 Å². The van der Waals surface area contributed by atoms with Gasteiger partial charge in [-0.2, -0.15) is 0 Å². The van der Waals surface area contributed by atoms with E-state index in [9.17, 15) is 0 Å². The smallest absolute Gasteiger partial charge is 0.192 e. The Morgan fingerprint density at radius 1 is 1.00 bits per heavy atom. The first-order chi connectivity index (χ1) is 3.55. The molecule has 0 aliphatic heterocycles. The molecule has 0 fully saturated rings. The summed E-state index contributed by atoms with van der Waals surface area (Å²) in [5.74, 6) is 0.519. The molecule has 1 N–H and O–H groups in total. The maximum Gasteiger partial charge on any atom is 0.192 e. The minimum absolute atomic E-state index is 0. The molecule has 3 nitrogen and oxygen atoms in total. The predicted octanol–water partition coefficient (Wildman–Crippen LogP) is -0.336. The quantitative estimate of drug-likeness (QED) is 0.318. The third-order valence-corrected chi connectivity index (χ3v) is 0.847. The zero-order chi connectivity index (χ0) is 6.73. The molecule has 0 bridgehead atoms. The molecular formula is C5H13GaN3. The molecule has 0 rings (SSSR count). The second kappa shape index (κ2) is 4.75. The number of hydrogen-bond acceptors (Lipinski definition) is 1. The molecule has 0 aromatic rings. The van der Waals surface area contributed by atoms with Gasteiger partial charge in [-0.05, 0) is 0 Å². The number of rotatable bonds is 0. The Kier molecular flexibility index (Phi) is 6.17. The van der Waals surface area contributed by atoms with E-state index in [1.807, 2.05) is 28.2 Å². The van der Waals surface area contributed by atoms with Gasteiger partial charge >= 0.3 is 0 Å². The molecule has 0 saturated carbocycles. The molecule has 0 aromatic carbocycles. The first-order valence-corrected chi connectivity index (χ1v) is 2.49. The molecule has 9 heavy (non-hydrogen) atoms. The van der Waals surface area contributed by atoms with E-state index in [4.69, 9.17) is 5.41 Å². The average Bonchev–Trinajstić information content (AvgIpc) is 1.64. The Labute approximate surface area is 69.6 Å². The van der Waals surface area contributed by atoms with E-state index in [0.717, 1.165) is 0 Å². The molecular weight excluding hydrogens is 172 g/mol. The summed E-state index contributed by atoms with van der Waals surface area (Å²) in [5, 5.41) is 7.25. The van der Waals surface area contributed by atoms with E-state index in [1.165, 1.54) is 0 Å². The van der Waals surface area contributed by atoms with Crippen LogP contribution >= 0.6 is 0 Å². The van der Waals surface area contributed by atoms with E-state index in [1.54, 1.807) is 9.80 Å². The molecule has 0 unspecified atom stereocenters. The van der Waals surface area contributed by atoms with Crippen LogP contribution in [0.15, 0.2) is 0 Å². The van der Waals surface area contributed by atoms with Crippen molar-refractivity contribution < 1.29 is 0 Å². The summed E-state index contributed by atoms with van der Waals surface area (Å²) in [6, 6.07) is 0. The van der Waals surface area contributed by atoms with Crippen molar-refractivity contribution >= 4 is 25.7 Å². The van der Waals surface area contributed by atoms with Gasteiger partial charge in [-0.25, -0.2) is 0 Å². The molecule has 0 atom stereocenters. The summed E-state index contributed by atoms with van der Waals surface area (Å²) >= 11 is 0. The normalized spacial score (nSPS) is 7.56. The van der Waals surface area contributed by atoms with Crippen molar-refractivity contribution in [2.24, 2.45) is 0 Å². The van der Waals surface area contributed by atoms with Crippen LogP contribution in [-0.2, 0) is 0 Å². The van der Waals surface area contributed by atoms with Gasteiger partial charge in [-0.1, -0.05) is 0 Å². The molecule has 0 heterocycles. The molecule has 0 amide bonds. The molecule has 0 aromatic heterocycles. The SMILES string of the molecule is CN(C)C(=N)N(C)C.[Ga]. The second-order valence-corrected chi connectivity index (χ2v) is 2.11. The predicted molar refractivity (Wildman–Crippen MR) is 40.9 cm³/mol. The Hall–Kier alpha value is -0.0936. The first-order valence-electron chi connectivity index (χ1n) is 2.49. The molecule has 0 aliphatic rings. The van der Waals surface area contributed by atoms with Gasteiger partial charge in [0.2, 0.25) is 0 Å². The van der Waals surface area contributed by atoms with Crippen molar-refractivity contribution in [3.63, 3.8) is 0 Å². The summed E-state index contributed by atoms with van der Waals surface area (Å²) in [6.45, 7) is 0. The summed E-state index contributed by atoms with van der Waals surface area (Å²) in [7, 11) is 7.40. The van der Waals surface area contributed by atoms with Crippen LogP contribution in [0.4, 0.5) is 0 Å². The third kappa shape index (κ3) is 4.41. The minimum Gasteiger partial charge on any atom is -0.349 e. The maximum atomic E-state index is 7.25. The summed E-state index contributed by atoms with van der Waals surface area (Å²) in [5.41, 5.74) is 0. The number of nitrogens with zero attached hydrogens (tertiary/aromatic N) is 2. The van der Waals surface area contributed by atoms with Gasteiger partial charge in [0, 0.05) is 48.0 Å². The van der Waals surface area contributed by atoms with Crippen LogP contribution in [0.5, 0.6) is 0 Å². The zero-order valence-electron chi connectivity index (χ0n) is 6.47. The van der Waals surface area contributed by atoms with Gasteiger partial charge in [0.25, 0.3) is 0 Å². The van der Waals surface area contributed by atoms with Crippen molar-refractivity contribution in [1.29, 1.82) is 5.41 Å². The largest absolute Gasteiger partial charge is 0.349 e. The monoisotopic (exact) mass is 184 g/mol. The van der Waals surface area contributed by atoms with Crippen molar-refractivity contribution in [2.75, 3.05) is 28.2 Å². The number of guanidine groups is 1. The number of nitrogens with one attached hydrogen (secondary N) is 1. The van der Waals surface area contributed by atoms with E-state index in [-0.39, 0.29) is 19.8 Å². The van der Waals surface area contributed by atoms with E-state index in [0.29, 0.717) is 5.96 Å². The van der Waals surface area contributed by atoms with Crippen molar-refractivity contribution in [3.8, 4) is 0 Å². The van der Waals surface area contributed by atoms with Crippen LogP contribution in [0.3, 0.4) is 0 Å². The Morgan fingerprint density at radius 3 is 1.22 bits per heavy atom. The minimum atomic E-state index is 0. The summed E-state index contributed by atoms with van der Waals surface area (Å²) in [6.07, 6.45) is 0. The fraction of sp³-hybridized carbons (Fsp3) is 0.800. The fourth-order valence-electron chi connectivity index (χ4n) is 0.400. The maximum absolute atomic E-state index is 7.25. The zero-order valence-corrected chi connectivity index (χ0v) is 8.89. The fourth-order valence-corrected chi connectivity index (χ4v) is 0.400. The van der Waals surface area contributed by atoms with Crippen LogP contribution in [0.2, 0.25) is 0 Å². The summed E-state index contributed by atoms with van der Waals surface area (Å²) < 4.78 is 0. The van der Waals surface area contributed by atoms with Gasteiger partial charge in [0.05, 0.1) is 0 Å². The van der Waals surface area contributed by atoms with Crippen molar-refractivity contribution in [1.82, 2.24) is 9.80 Å². The Balaban J connectivity index is 0.